The zero-order valence-electron chi connectivity index (χ0n) is 8.41. The zero-order valence-corrected chi connectivity index (χ0v) is 8.41. The van der Waals surface area contributed by atoms with Gasteiger partial charge in [0, 0.05) is 6.42 Å². The predicted molar refractivity (Wildman–Crippen MR) is 46.5 cm³/mol. The lowest BCUT2D eigenvalue weighted by Crippen LogP contribution is -2.47. The second-order valence-electron chi connectivity index (χ2n) is 3.24. The molecule has 0 rings (SSSR count). The van der Waals surface area contributed by atoms with Crippen molar-refractivity contribution < 1.29 is 33.0 Å². The van der Waals surface area contributed by atoms with Crippen molar-refractivity contribution in [2.24, 2.45) is 0 Å². The lowest BCUT2D eigenvalue weighted by atomic mass is 10.1. The van der Waals surface area contributed by atoms with Crippen LogP contribution in [0.2, 0.25) is 0 Å². The van der Waals surface area contributed by atoms with Crippen LogP contribution in [0.5, 0.6) is 0 Å². The van der Waals surface area contributed by atoms with Gasteiger partial charge in [0.2, 0.25) is 5.91 Å². The fraction of sp³-hybridized carbons (Fsp3) is 0.750. The van der Waals surface area contributed by atoms with E-state index in [2.05, 4.69) is 0 Å². The smallest absolute Gasteiger partial charge is 0.389 e. The number of nitrogens with one attached hydrogen (secondary N) is 1. The number of carbonyl (C=O) groups is 2. The van der Waals surface area contributed by atoms with E-state index in [-0.39, 0.29) is 0 Å². The molecular formula is C8H12F3NO4. The van der Waals surface area contributed by atoms with E-state index in [0.717, 1.165) is 6.92 Å². The van der Waals surface area contributed by atoms with Gasteiger partial charge >= 0.3 is 12.1 Å². The Morgan fingerprint density at radius 1 is 1.38 bits per heavy atom. The topological polar surface area (TPSA) is 86.6 Å². The van der Waals surface area contributed by atoms with E-state index in [1.165, 1.54) is 0 Å². The lowest BCUT2D eigenvalue weighted by Gasteiger charge is -2.17. The third-order valence-corrected chi connectivity index (χ3v) is 1.70. The molecular weight excluding hydrogens is 231 g/mol. The first-order valence-electron chi connectivity index (χ1n) is 4.40. The minimum Gasteiger partial charge on any atom is -0.480 e. The van der Waals surface area contributed by atoms with Gasteiger partial charge in [-0.05, 0) is 6.92 Å². The minimum absolute atomic E-state index is 0.861. The Kier molecular flexibility index (Phi) is 5.22. The molecule has 0 aliphatic carbocycles. The molecule has 0 saturated carbocycles. The maximum atomic E-state index is 11.7. The molecule has 2 unspecified atom stereocenters. The molecule has 8 heteroatoms. The molecule has 0 aliphatic rings. The number of carbonyl (C=O) groups excluding carboxylic acids is 1. The summed E-state index contributed by atoms with van der Waals surface area (Å²) in [5.41, 5.74) is 0. The van der Waals surface area contributed by atoms with E-state index in [4.69, 9.17) is 10.2 Å². The van der Waals surface area contributed by atoms with Crippen LogP contribution in [-0.2, 0) is 9.59 Å². The number of hydrogen-bond donors (Lipinski definition) is 3. The fourth-order valence-electron chi connectivity index (χ4n) is 0.890. The standard InChI is InChI=1S/C8H12F3NO4/c1-4(13)6(7(15)16)12-5(14)2-3-8(9,10)11/h4,6,13H,2-3H2,1H3,(H,12,14)(H,15,16). The summed E-state index contributed by atoms with van der Waals surface area (Å²) in [7, 11) is 0. The number of rotatable bonds is 5. The van der Waals surface area contributed by atoms with Crippen molar-refractivity contribution in [2.45, 2.75) is 38.1 Å². The molecule has 0 bridgehead atoms. The molecule has 5 nitrogen and oxygen atoms in total. The lowest BCUT2D eigenvalue weighted by molar-refractivity contribution is -0.148. The maximum absolute atomic E-state index is 11.7. The molecule has 0 heterocycles. The van der Waals surface area contributed by atoms with Gasteiger partial charge in [-0.25, -0.2) is 4.79 Å². The van der Waals surface area contributed by atoms with Gasteiger partial charge < -0.3 is 15.5 Å². The Morgan fingerprint density at radius 2 is 1.88 bits per heavy atom. The molecule has 2 atom stereocenters. The van der Waals surface area contributed by atoms with Crippen molar-refractivity contribution >= 4 is 11.9 Å². The minimum atomic E-state index is -4.47. The van der Waals surface area contributed by atoms with E-state index in [9.17, 15) is 22.8 Å². The van der Waals surface area contributed by atoms with Crippen molar-refractivity contribution in [3.63, 3.8) is 0 Å². The number of carboxylic acids is 1. The highest BCUT2D eigenvalue weighted by Gasteiger charge is 2.30. The van der Waals surface area contributed by atoms with Crippen molar-refractivity contribution in [1.29, 1.82) is 0 Å². The average molecular weight is 243 g/mol. The summed E-state index contributed by atoms with van der Waals surface area (Å²) < 4.78 is 35.2. The van der Waals surface area contributed by atoms with Crippen LogP contribution in [0.25, 0.3) is 0 Å². The van der Waals surface area contributed by atoms with E-state index in [0.29, 0.717) is 0 Å². The van der Waals surface area contributed by atoms with Gasteiger partial charge in [0.1, 0.15) is 0 Å². The molecule has 3 N–H and O–H groups in total. The molecule has 0 aromatic heterocycles. The summed E-state index contributed by atoms with van der Waals surface area (Å²) in [6.07, 6.45) is -8.04. The first-order valence-corrected chi connectivity index (χ1v) is 4.40. The Bertz CT molecular complexity index is 264. The van der Waals surface area contributed by atoms with Gasteiger partial charge in [0.15, 0.2) is 6.04 Å². The van der Waals surface area contributed by atoms with Crippen LogP contribution in [0, 0.1) is 0 Å². The first kappa shape index (κ1) is 14.7. The maximum Gasteiger partial charge on any atom is 0.389 e. The summed E-state index contributed by atoms with van der Waals surface area (Å²) in [5, 5.41) is 19.3. The summed E-state index contributed by atoms with van der Waals surface area (Å²) in [4.78, 5) is 21.4. The quantitative estimate of drug-likeness (QED) is 0.647. The van der Waals surface area contributed by atoms with Crippen molar-refractivity contribution in [3.05, 3.63) is 0 Å². The molecule has 0 fully saturated rings. The zero-order chi connectivity index (χ0) is 12.9. The molecule has 0 spiro atoms. The average Bonchev–Trinajstić information content (AvgIpc) is 2.08. The van der Waals surface area contributed by atoms with Crippen LogP contribution in [0.1, 0.15) is 19.8 Å². The van der Waals surface area contributed by atoms with Gasteiger partial charge in [0.05, 0.1) is 12.5 Å². The number of carboxylic acid groups (broad SMARTS) is 1. The highest BCUT2D eigenvalue weighted by molar-refractivity contribution is 5.83. The number of halogens is 3. The van der Waals surface area contributed by atoms with Crippen molar-refractivity contribution in [2.75, 3.05) is 0 Å². The molecule has 94 valence electrons. The van der Waals surface area contributed by atoms with Crippen LogP contribution in [-0.4, -0.2) is 40.4 Å². The number of aliphatic hydroxyl groups excluding tert-OH is 1. The summed E-state index contributed by atoms with van der Waals surface area (Å²) in [6.45, 7) is 1.11. The summed E-state index contributed by atoms with van der Waals surface area (Å²) in [6, 6.07) is -1.60. The second-order valence-corrected chi connectivity index (χ2v) is 3.24. The van der Waals surface area contributed by atoms with E-state index < -0.39 is 43.0 Å². The van der Waals surface area contributed by atoms with E-state index >= 15 is 0 Å². The van der Waals surface area contributed by atoms with E-state index in [1.54, 1.807) is 5.32 Å². The predicted octanol–water partition coefficient (Wildman–Crippen LogP) is 0.279. The van der Waals surface area contributed by atoms with Crippen molar-refractivity contribution in [3.8, 4) is 0 Å². The SMILES string of the molecule is CC(O)C(NC(=O)CCC(F)(F)F)C(=O)O. The molecule has 0 aliphatic heterocycles. The monoisotopic (exact) mass is 243 g/mol. The molecule has 0 radical (unpaired) electrons. The Balaban J connectivity index is 4.17. The molecule has 1 amide bonds. The normalized spacial score (nSPS) is 15.3. The number of aliphatic carboxylic acids is 1. The van der Waals surface area contributed by atoms with Crippen LogP contribution in [0.3, 0.4) is 0 Å². The Labute approximate surface area is 89.3 Å². The third-order valence-electron chi connectivity index (χ3n) is 1.70. The fourth-order valence-corrected chi connectivity index (χ4v) is 0.890. The highest BCUT2D eigenvalue weighted by Crippen LogP contribution is 2.21. The van der Waals surface area contributed by atoms with Crippen LogP contribution >= 0.6 is 0 Å². The molecule has 0 aromatic carbocycles. The number of hydrogen-bond acceptors (Lipinski definition) is 3. The van der Waals surface area contributed by atoms with Gasteiger partial charge in [0.25, 0.3) is 0 Å². The molecule has 0 aromatic rings. The van der Waals surface area contributed by atoms with Gasteiger partial charge in [-0.3, -0.25) is 4.79 Å². The number of amides is 1. The second kappa shape index (κ2) is 5.69. The summed E-state index contributed by atoms with van der Waals surface area (Å²) in [5.74, 6) is -2.57. The largest absolute Gasteiger partial charge is 0.480 e. The van der Waals surface area contributed by atoms with Crippen LogP contribution < -0.4 is 5.32 Å². The van der Waals surface area contributed by atoms with Gasteiger partial charge in [-0.2, -0.15) is 13.2 Å². The molecule has 16 heavy (non-hydrogen) atoms. The van der Waals surface area contributed by atoms with Crippen LogP contribution in [0.4, 0.5) is 13.2 Å². The highest BCUT2D eigenvalue weighted by atomic mass is 19.4. The Morgan fingerprint density at radius 3 is 2.19 bits per heavy atom. The van der Waals surface area contributed by atoms with E-state index in [1.807, 2.05) is 0 Å². The Hall–Kier alpha value is -1.31. The number of aliphatic hydroxyl groups is 1. The van der Waals surface area contributed by atoms with Gasteiger partial charge in [-0.15, -0.1) is 0 Å². The number of alkyl halides is 3. The van der Waals surface area contributed by atoms with Crippen molar-refractivity contribution in [1.82, 2.24) is 5.32 Å². The first-order chi connectivity index (χ1) is 7.13. The molecule has 0 saturated heterocycles. The van der Waals surface area contributed by atoms with Gasteiger partial charge in [-0.1, -0.05) is 0 Å². The summed E-state index contributed by atoms with van der Waals surface area (Å²) >= 11 is 0. The van der Waals surface area contributed by atoms with Crippen LogP contribution in [0.15, 0.2) is 0 Å². The third kappa shape index (κ3) is 6.23.